The highest BCUT2D eigenvalue weighted by atomic mass is 35.5. The maximum Gasteiger partial charge on any atom is 0.317 e. The van der Waals surface area contributed by atoms with Crippen LogP contribution in [-0.4, -0.2) is 68.4 Å². The molecular formula is C21H32Cl2N4O. The summed E-state index contributed by atoms with van der Waals surface area (Å²) in [4.78, 5) is 13.2. The smallest absolute Gasteiger partial charge is 0.317 e. The number of nitrogens with zero attached hydrogens (tertiary/aromatic N) is 3. The Morgan fingerprint density at radius 2 is 1.93 bits per heavy atom. The van der Waals surface area contributed by atoms with Gasteiger partial charge in [0.25, 0.3) is 0 Å². The van der Waals surface area contributed by atoms with Crippen molar-refractivity contribution in [3.05, 3.63) is 28.2 Å². The van der Waals surface area contributed by atoms with Crippen LogP contribution in [0.5, 0.6) is 0 Å². The Kier molecular flexibility index (Phi) is 3.50. The zero-order chi connectivity index (χ0) is 32.3. The lowest BCUT2D eigenvalue weighted by molar-refractivity contribution is 0.194. The summed E-state index contributed by atoms with van der Waals surface area (Å²) in [5, 5.41) is 2.15. The number of carbonyl (C=O) groups excluding carboxylic acids is 1. The van der Waals surface area contributed by atoms with Crippen molar-refractivity contribution in [2.24, 2.45) is 5.92 Å². The van der Waals surface area contributed by atoms with Crippen LogP contribution in [0.3, 0.4) is 0 Å². The second-order valence-electron chi connectivity index (χ2n) is 6.80. The van der Waals surface area contributed by atoms with Crippen LogP contribution < -0.4 is 10.2 Å². The monoisotopic (exact) mass is 440 g/mol. The van der Waals surface area contributed by atoms with Crippen molar-refractivity contribution in [3.63, 3.8) is 0 Å². The summed E-state index contributed by atoms with van der Waals surface area (Å²) in [5.41, 5.74) is -0.303. The standard InChI is InChI=1S/C21H32Cl2N4O/c1-25(2)21(28)24-17-8-6-16(7-9-17)10-11-26-12-14-27(15-13-26)19-5-3-4-18(22)20(19)23/h3-5,16-17H,6-15H2,1-2H3,(H,24,28)/i1D3,2D3,12D2,13D2,14D2,15D2. The molecule has 2 amide bonds. The van der Waals surface area contributed by atoms with Crippen LogP contribution >= 0.6 is 23.2 Å². The fraction of sp³-hybridized carbons (Fsp3) is 0.667. The van der Waals surface area contributed by atoms with Crippen molar-refractivity contribution < 1.29 is 24.0 Å². The number of rotatable bonds is 5. The number of amides is 2. The van der Waals surface area contributed by atoms with E-state index in [1.165, 1.54) is 18.2 Å². The first kappa shape index (κ1) is 9.76. The molecule has 2 fully saturated rings. The Balaban J connectivity index is 1.73. The predicted molar refractivity (Wildman–Crippen MR) is 118 cm³/mol. The third kappa shape index (κ3) is 5.68. The number of carbonyl (C=O) groups is 1. The number of benzene rings is 1. The van der Waals surface area contributed by atoms with Gasteiger partial charge in [-0.3, -0.25) is 4.90 Å². The second-order valence-corrected chi connectivity index (χ2v) is 7.58. The third-order valence-electron chi connectivity index (χ3n) is 4.90. The fourth-order valence-electron chi connectivity index (χ4n) is 3.32. The predicted octanol–water partition coefficient (Wildman–Crippen LogP) is 4.34. The molecule has 1 aliphatic carbocycles. The van der Waals surface area contributed by atoms with E-state index in [0.717, 1.165) is 0 Å². The molecule has 1 aromatic rings. The van der Waals surface area contributed by atoms with Crippen molar-refractivity contribution in [2.45, 2.75) is 38.1 Å². The topological polar surface area (TPSA) is 38.8 Å². The van der Waals surface area contributed by atoms with Crippen molar-refractivity contribution >= 4 is 34.9 Å². The van der Waals surface area contributed by atoms with Gasteiger partial charge in [0.1, 0.15) is 0 Å². The van der Waals surface area contributed by atoms with Gasteiger partial charge in [-0.05, 0) is 56.7 Å². The molecule has 1 aliphatic heterocycles. The van der Waals surface area contributed by atoms with Gasteiger partial charge in [0.15, 0.2) is 0 Å². The average Bonchev–Trinajstić information content (AvgIpc) is 2.79. The Morgan fingerprint density at radius 1 is 1.21 bits per heavy atom. The minimum absolute atomic E-state index is 0.0411. The van der Waals surface area contributed by atoms with Gasteiger partial charge in [0.2, 0.25) is 0 Å². The van der Waals surface area contributed by atoms with E-state index in [0.29, 0.717) is 35.5 Å². The molecule has 7 heteroatoms. The van der Waals surface area contributed by atoms with Crippen LogP contribution in [0.4, 0.5) is 10.5 Å². The van der Waals surface area contributed by atoms with Crippen LogP contribution in [-0.2, 0) is 0 Å². The lowest BCUT2D eigenvalue weighted by atomic mass is 9.84. The molecule has 156 valence electrons. The Morgan fingerprint density at radius 3 is 2.61 bits per heavy atom. The quantitative estimate of drug-likeness (QED) is 0.739. The Labute approximate surface area is 198 Å². The number of piperazine rings is 1. The van der Waals surface area contributed by atoms with E-state index in [4.69, 9.17) is 42.4 Å². The number of hydrogen-bond acceptors (Lipinski definition) is 3. The van der Waals surface area contributed by atoms with Gasteiger partial charge in [0, 0.05) is 59.7 Å². The van der Waals surface area contributed by atoms with Gasteiger partial charge in [-0.1, -0.05) is 29.3 Å². The molecule has 1 N–H and O–H groups in total. The third-order valence-corrected chi connectivity index (χ3v) is 5.71. The molecular weight excluding hydrogens is 395 g/mol. The molecule has 2 aliphatic rings. The van der Waals surface area contributed by atoms with E-state index in [1.807, 2.05) is 0 Å². The number of halogens is 2. The summed E-state index contributed by atoms with van der Waals surface area (Å²) in [7, 11) is 0. The molecule has 1 saturated carbocycles. The minimum Gasteiger partial charge on any atom is -0.368 e. The molecule has 1 saturated heterocycles. The highest BCUT2D eigenvalue weighted by Crippen LogP contribution is 2.33. The maximum absolute atomic E-state index is 12.5. The van der Waals surface area contributed by atoms with Crippen LogP contribution in [0.25, 0.3) is 0 Å². The van der Waals surface area contributed by atoms with Crippen LogP contribution in [0.15, 0.2) is 18.2 Å². The number of urea groups is 1. The second kappa shape index (κ2) is 10.0. The van der Waals surface area contributed by atoms with Crippen LogP contribution in [0, 0.1) is 5.92 Å². The van der Waals surface area contributed by atoms with E-state index >= 15 is 0 Å². The van der Waals surface area contributed by atoms with E-state index < -0.39 is 52.0 Å². The maximum atomic E-state index is 12.5. The molecule has 0 bridgehead atoms. The van der Waals surface area contributed by atoms with Gasteiger partial charge in [-0.25, -0.2) is 4.79 Å². The van der Waals surface area contributed by atoms with Crippen LogP contribution in [0.2, 0.25) is 10.0 Å². The van der Waals surface area contributed by atoms with E-state index in [2.05, 4.69) is 5.32 Å². The Hall–Kier alpha value is -1.17. The van der Waals surface area contributed by atoms with E-state index in [9.17, 15) is 4.79 Å². The molecule has 1 heterocycles. The molecule has 5 nitrogen and oxygen atoms in total. The first-order valence-electron chi connectivity index (χ1n) is 16.0. The summed E-state index contributed by atoms with van der Waals surface area (Å²) < 4.78 is 113. The highest BCUT2D eigenvalue weighted by molar-refractivity contribution is 6.43. The van der Waals surface area contributed by atoms with Gasteiger partial charge in [-0.15, -0.1) is 0 Å². The number of anilines is 1. The number of nitrogens with one attached hydrogen (secondary N) is 1. The van der Waals surface area contributed by atoms with Gasteiger partial charge in [-0.2, -0.15) is 0 Å². The molecule has 3 rings (SSSR count). The van der Waals surface area contributed by atoms with Gasteiger partial charge >= 0.3 is 6.03 Å². The van der Waals surface area contributed by atoms with E-state index in [-0.39, 0.29) is 39.5 Å². The SMILES string of the molecule is [2H]C([2H])([2H])N(C(=O)NC1CCC(CCN2C([2H])([2H])C([2H])([2H])N(c3cccc(Cl)c3Cl)C([2H])([2H])C2([2H])[2H])CC1)C([2H])([2H])[2H]. The lowest BCUT2D eigenvalue weighted by Gasteiger charge is -2.37. The molecule has 28 heavy (non-hydrogen) atoms. The molecule has 1 aromatic carbocycles. The van der Waals surface area contributed by atoms with Crippen molar-refractivity contribution in [1.29, 1.82) is 0 Å². The summed E-state index contributed by atoms with van der Waals surface area (Å²) in [6.07, 6.45) is 1.73. The molecule has 0 aromatic heterocycles. The summed E-state index contributed by atoms with van der Waals surface area (Å²) in [5.74, 6) is -0.136. The molecule has 0 radical (unpaired) electrons. The molecule has 0 spiro atoms. The normalized spacial score (nSPS) is 39.0. The van der Waals surface area contributed by atoms with Crippen LogP contribution in [0.1, 0.15) is 51.3 Å². The van der Waals surface area contributed by atoms with Crippen molar-refractivity contribution in [2.75, 3.05) is 51.4 Å². The fourth-order valence-corrected chi connectivity index (χ4v) is 3.70. The first-order valence-corrected chi connectivity index (χ1v) is 9.77. The summed E-state index contributed by atoms with van der Waals surface area (Å²) in [6, 6.07) is 2.22. The highest BCUT2D eigenvalue weighted by Gasteiger charge is 2.24. The molecule has 0 atom stereocenters. The summed E-state index contributed by atoms with van der Waals surface area (Å²) >= 11 is 12.3. The molecule has 0 unspecified atom stereocenters. The zero-order valence-electron chi connectivity index (χ0n) is 29.1. The largest absolute Gasteiger partial charge is 0.368 e. The lowest BCUT2D eigenvalue weighted by Crippen LogP contribution is -2.47. The zero-order valence-corrected chi connectivity index (χ0v) is 16.6. The minimum atomic E-state index is -3.18. The first-order chi connectivity index (χ1) is 18.9. The van der Waals surface area contributed by atoms with Crippen molar-refractivity contribution in [1.82, 2.24) is 15.1 Å². The Bertz CT molecular complexity index is 1110. The van der Waals surface area contributed by atoms with Crippen molar-refractivity contribution in [3.8, 4) is 0 Å². The number of hydrogen-bond donors (Lipinski definition) is 1. The van der Waals surface area contributed by atoms with E-state index in [1.54, 1.807) is 0 Å². The summed E-state index contributed by atoms with van der Waals surface area (Å²) in [6.45, 7) is -19.0. The average molecular weight is 442 g/mol. The van der Waals surface area contributed by atoms with Gasteiger partial charge < -0.3 is 15.1 Å². The van der Waals surface area contributed by atoms with Gasteiger partial charge in [0.05, 0.1) is 21.2 Å².